The molecule has 4 rings (SSSR count). The Hall–Kier alpha value is -1.33. The first kappa shape index (κ1) is 10.6. The molecule has 0 bridgehead atoms. The summed E-state index contributed by atoms with van der Waals surface area (Å²) in [5.74, 6) is 1.15. The van der Waals surface area contributed by atoms with Crippen molar-refractivity contribution < 1.29 is 0 Å². The Balaban J connectivity index is 1.87. The van der Waals surface area contributed by atoms with Gasteiger partial charge in [-0.3, -0.25) is 5.32 Å². The van der Waals surface area contributed by atoms with E-state index in [1.54, 1.807) is 6.33 Å². The summed E-state index contributed by atoms with van der Waals surface area (Å²) in [6.07, 6.45) is 4.48. The van der Waals surface area contributed by atoms with Crippen molar-refractivity contribution in [1.82, 2.24) is 20.1 Å². The lowest BCUT2D eigenvalue weighted by atomic mass is 10.1. The average Bonchev–Trinajstić information content (AvgIpc) is 3.13. The van der Waals surface area contributed by atoms with Gasteiger partial charge in [0.2, 0.25) is 0 Å². The summed E-state index contributed by atoms with van der Waals surface area (Å²) in [6, 6.07) is 9.05. The van der Waals surface area contributed by atoms with E-state index in [2.05, 4.69) is 39.7 Å². The van der Waals surface area contributed by atoms with Gasteiger partial charge in [-0.25, -0.2) is 9.67 Å². The molecule has 2 atom stereocenters. The van der Waals surface area contributed by atoms with Gasteiger partial charge >= 0.3 is 0 Å². The zero-order chi connectivity index (χ0) is 12.0. The van der Waals surface area contributed by atoms with Crippen molar-refractivity contribution >= 4 is 11.8 Å². The fourth-order valence-electron chi connectivity index (χ4n) is 3.14. The molecule has 1 spiro atoms. The van der Waals surface area contributed by atoms with Crippen LogP contribution in [0.3, 0.4) is 0 Å². The maximum absolute atomic E-state index is 4.35. The van der Waals surface area contributed by atoms with Crippen LogP contribution in [-0.2, 0) is 11.3 Å². The quantitative estimate of drug-likeness (QED) is 0.843. The minimum atomic E-state index is -0.00963. The molecule has 1 N–H and O–H groups in total. The third kappa shape index (κ3) is 1.31. The van der Waals surface area contributed by atoms with Crippen molar-refractivity contribution in [1.29, 1.82) is 0 Å². The van der Waals surface area contributed by atoms with Crippen LogP contribution in [0, 0.1) is 0 Å². The highest BCUT2D eigenvalue weighted by atomic mass is 32.2. The number of rotatable bonds is 1. The summed E-state index contributed by atoms with van der Waals surface area (Å²) in [4.78, 5) is 4.09. The second-order valence-corrected chi connectivity index (χ2v) is 6.10. The van der Waals surface area contributed by atoms with Crippen LogP contribution >= 0.6 is 11.8 Å². The number of nitrogens with one attached hydrogen (secondary N) is 1. The fourth-order valence-corrected chi connectivity index (χ4v) is 4.61. The van der Waals surface area contributed by atoms with Gasteiger partial charge in [-0.15, -0.1) is 11.8 Å². The van der Waals surface area contributed by atoms with Gasteiger partial charge in [-0.05, 0) is 17.5 Å². The van der Waals surface area contributed by atoms with Gasteiger partial charge in [0.15, 0.2) is 0 Å². The third-order valence-corrected chi connectivity index (χ3v) is 5.38. The number of benzene rings is 1. The highest BCUT2D eigenvalue weighted by Gasteiger charge is 2.50. The van der Waals surface area contributed by atoms with E-state index in [4.69, 9.17) is 0 Å². The van der Waals surface area contributed by atoms with E-state index in [1.807, 2.05) is 22.8 Å². The molecule has 1 saturated heterocycles. The normalized spacial score (nSPS) is 29.9. The van der Waals surface area contributed by atoms with Crippen LogP contribution in [0.4, 0.5) is 0 Å². The number of fused-ring (bicyclic) bond motifs is 2. The van der Waals surface area contributed by atoms with E-state index in [1.165, 1.54) is 11.1 Å². The van der Waals surface area contributed by atoms with E-state index < -0.39 is 0 Å². The summed E-state index contributed by atoms with van der Waals surface area (Å²) in [5, 5.41) is 8.05. The molecule has 2 heterocycles. The number of aromatic nitrogens is 3. The maximum atomic E-state index is 4.35. The third-order valence-electron chi connectivity index (χ3n) is 3.88. The van der Waals surface area contributed by atoms with Gasteiger partial charge in [-0.1, -0.05) is 24.3 Å². The average molecular weight is 258 g/mol. The van der Waals surface area contributed by atoms with Crippen LogP contribution in [0.15, 0.2) is 36.9 Å². The molecule has 5 heteroatoms. The molecule has 1 aliphatic heterocycles. The Morgan fingerprint density at radius 2 is 2.33 bits per heavy atom. The number of hydrogen-bond donors (Lipinski definition) is 1. The first-order chi connectivity index (χ1) is 8.90. The predicted octanol–water partition coefficient (Wildman–Crippen LogP) is 1.56. The van der Waals surface area contributed by atoms with Crippen LogP contribution in [-0.4, -0.2) is 27.1 Å². The molecule has 0 radical (unpaired) electrons. The van der Waals surface area contributed by atoms with Crippen molar-refractivity contribution in [2.75, 3.05) is 12.3 Å². The van der Waals surface area contributed by atoms with Crippen molar-refractivity contribution in [3.05, 3.63) is 48.0 Å². The van der Waals surface area contributed by atoms with Gasteiger partial charge < -0.3 is 0 Å². The fraction of sp³-hybridized carbons (Fsp3) is 0.385. The zero-order valence-corrected chi connectivity index (χ0v) is 10.7. The topological polar surface area (TPSA) is 42.7 Å². The first-order valence-electron chi connectivity index (χ1n) is 6.22. The minimum absolute atomic E-state index is 0.00963. The molecule has 1 fully saturated rings. The molecule has 0 amide bonds. The minimum Gasteiger partial charge on any atom is -0.296 e. The SMILES string of the molecule is c1ccc2c(c1)CC(n1cncn1)C21NCCS1. The summed E-state index contributed by atoms with van der Waals surface area (Å²) < 4.78 is 2.01. The van der Waals surface area contributed by atoms with Crippen LogP contribution in [0.5, 0.6) is 0 Å². The Kier molecular flexibility index (Phi) is 2.25. The lowest BCUT2D eigenvalue weighted by Gasteiger charge is -2.31. The molecule has 1 aromatic heterocycles. The predicted molar refractivity (Wildman–Crippen MR) is 71.3 cm³/mol. The van der Waals surface area contributed by atoms with E-state index in [0.717, 1.165) is 18.7 Å². The van der Waals surface area contributed by atoms with Crippen LogP contribution in [0.2, 0.25) is 0 Å². The summed E-state index contributed by atoms with van der Waals surface area (Å²) >= 11 is 2.00. The molecule has 0 saturated carbocycles. The lowest BCUT2D eigenvalue weighted by molar-refractivity contribution is 0.336. The van der Waals surface area contributed by atoms with Gasteiger partial charge in [0, 0.05) is 12.3 Å². The molecular weight excluding hydrogens is 244 g/mol. The van der Waals surface area contributed by atoms with Gasteiger partial charge in [-0.2, -0.15) is 5.10 Å². The second-order valence-electron chi connectivity index (χ2n) is 4.76. The summed E-state index contributed by atoms with van der Waals surface area (Å²) in [7, 11) is 0. The van der Waals surface area contributed by atoms with Gasteiger partial charge in [0.25, 0.3) is 0 Å². The molecule has 4 nitrogen and oxygen atoms in total. The molecular formula is C13H14N4S. The molecule has 1 aromatic carbocycles. The van der Waals surface area contributed by atoms with Crippen LogP contribution in [0.1, 0.15) is 17.2 Å². The Labute approximate surface area is 110 Å². The van der Waals surface area contributed by atoms with Crippen LogP contribution < -0.4 is 5.32 Å². The lowest BCUT2D eigenvalue weighted by Crippen LogP contribution is -2.40. The number of thioether (sulfide) groups is 1. The van der Waals surface area contributed by atoms with Crippen LogP contribution in [0.25, 0.3) is 0 Å². The van der Waals surface area contributed by atoms with Crippen molar-refractivity contribution in [2.24, 2.45) is 0 Å². The first-order valence-corrected chi connectivity index (χ1v) is 7.20. The molecule has 2 aliphatic rings. The van der Waals surface area contributed by atoms with E-state index in [9.17, 15) is 0 Å². The van der Waals surface area contributed by atoms with Crippen molar-refractivity contribution in [2.45, 2.75) is 17.3 Å². The summed E-state index contributed by atoms with van der Waals surface area (Å²) in [6.45, 7) is 1.06. The Bertz CT molecular complexity index is 560. The monoisotopic (exact) mass is 258 g/mol. The number of nitrogens with zero attached hydrogens (tertiary/aromatic N) is 3. The molecule has 18 heavy (non-hydrogen) atoms. The van der Waals surface area contributed by atoms with Gasteiger partial charge in [0.05, 0.1) is 6.04 Å². The van der Waals surface area contributed by atoms with Crippen molar-refractivity contribution in [3.8, 4) is 0 Å². The highest BCUT2D eigenvalue weighted by molar-refractivity contribution is 8.00. The molecule has 2 unspecified atom stereocenters. The largest absolute Gasteiger partial charge is 0.296 e. The molecule has 1 aliphatic carbocycles. The molecule has 2 aromatic rings. The van der Waals surface area contributed by atoms with E-state index in [-0.39, 0.29) is 4.87 Å². The summed E-state index contributed by atoms with van der Waals surface area (Å²) in [5.41, 5.74) is 2.85. The smallest absolute Gasteiger partial charge is 0.137 e. The zero-order valence-electron chi connectivity index (χ0n) is 9.91. The van der Waals surface area contributed by atoms with E-state index >= 15 is 0 Å². The second kappa shape index (κ2) is 3.83. The van der Waals surface area contributed by atoms with Crippen molar-refractivity contribution in [3.63, 3.8) is 0 Å². The maximum Gasteiger partial charge on any atom is 0.137 e. The number of hydrogen-bond acceptors (Lipinski definition) is 4. The Morgan fingerprint density at radius 1 is 1.39 bits per heavy atom. The molecule has 92 valence electrons. The van der Waals surface area contributed by atoms with Gasteiger partial charge in [0.1, 0.15) is 17.5 Å². The highest BCUT2D eigenvalue weighted by Crippen LogP contribution is 2.53. The Morgan fingerprint density at radius 3 is 3.11 bits per heavy atom. The standard InChI is InChI=1S/C13H14N4S/c1-2-4-11-10(3-1)7-12(17-9-14-8-16-17)13(11)15-5-6-18-13/h1-4,8-9,12,15H,5-7H2. The van der Waals surface area contributed by atoms with E-state index in [0.29, 0.717) is 6.04 Å².